The summed E-state index contributed by atoms with van der Waals surface area (Å²) < 4.78 is 33.5. The SMILES string of the molecule is CO[C@@]1(COc2ccccc2F)CCCN(Cc2cccc(OCCn3cccn3)c2)CC1. The van der Waals surface area contributed by atoms with Gasteiger partial charge in [-0.25, -0.2) is 4.39 Å². The van der Waals surface area contributed by atoms with Gasteiger partial charge in [0.25, 0.3) is 0 Å². The van der Waals surface area contributed by atoms with Crippen LogP contribution in [0.15, 0.2) is 67.0 Å². The highest BCUT2D eigenvalue weighted by Crippen LogP contribution is 2.29. The normalized spacial score (nSPS) is 19.2. The molecule has 4 rings (SSSR count). The second-order valence-corrected chi connectivity index (χ2v) is 8.50. The molecule has 2 heterocycles. The molecule has 0 spiro atoms. The van der Waals surface area contributed by atoms with Crippen molar-refractivity contribution < 1.29 is 18.6 Å². The van der Waals surface area contributed by atoms with Gasteiger partial charge < -0.3 is 14.2 Å². The number of hydrogen-bond donors (Lipinski definition) is 0. The van der Waals surface area contributed by atoms with Gasteiger partial charge in [0, 0.05) is 32.6 Å². The Labute approximate surface area is 194 Å². The number of methoxy groups -OCH3 is 1. The number of likely N-dealkylation sites (tertiary alicyclic amines) is 1. The van der Waals surface area contributed by atoms with Gasteiger partial charge in [0.15, 0.2) is 11.6 Å². The molecule has 6 nitrogen and oxygen atoms in total. The smallest absolute Gasteiger partial charge is 0.165 e. The van der Waals surface area contributed by atoms with E-state index in [0.29, 0.717) is 13.2 Å². The molecule has 0 unspecified atom stereocenters. The highest BCUT2D eigenvalue weighted by molar-refractivity contribution is 5.28. The van der Waals surface area contributed by atoms with Crippen LogP contribution in [0.2, 0.25) is 0 Å². The molecule has 7 heteroatoms. The van der Waals surface area contributed by atoms with Crippen LogP contribution in [0.4, 0.5) is 4.39 Å². The van der Waals surface area contributed by atoms with Gasteiger partial charge in [-0.05, 0) is 61.7 Å². The van der Waals surface area contributed by atoms with E-state index in [1.807, 2.05) is 29.1 Å². The second kappa shape index (κ2) is 11.3. The lowest BCUT2D eigenvalue weighted by Gasteiger charge is -2.31. The van der Waals surface area contributed by atoms with Crippen molar-refractivity contribution in [3.8, 4) is 11.5 Å². The number of hydrogen-bond acceptors (Lipinski definition) is 5. The summed E-state index contributed by atoms with van der Waals surface area (Å²) in [5.74, 6) is 0.809. The van der Waals surface area contributed by atoms with Gasteiger partial charge in [-0.15, -0.1) is 0 Å². The van der Waals surface area contributed by atoms with Gasteiger partial charge in [-0.2, -0.15) is 5.10 Å². The third kappa shape index (κ3) is 6.55. The fourth-order valence-corrected chi connectivity index (χ4v) is 4.24. The largest absolute Gasteiger partial charge is 0.492 e. The first-order valence-corrected chi connectivity index (χ1v) is 11.5. The van der Waals surface area contributed by atoms with Crippen molar-refractivity contribution in [3.63, 3.8) is 0 Å². The molecule has 0 aliphatic carbocycles. The van der Waals surface area contributed by atoms with Crippen molar-refractivity contribution in [2.45, 2.75) is 38.0 Å². The van der Waals surface area contributed by atoms with Crippen molar-refractivity contribution in [2.24, 2.45) is 0 Å². The first-order chi connectivity index (χ1) is 16.2. The minimum atomic E-state index is -0.408. The van der Waals surface area contributed by atoms with E-state index in [0.717, 1.165) is 51.2 Å². The van der Waals surface area contributed by atoms with Gasteiger partial charge in [0.2, 0.25) is 0 Å². The molecule has 2 aromatic carbocycles. The van der Waals surface area contributed by atoms with Crippen LogP contribution in [0.5, 0.6) is 11.5 Å². The predicted molar refractivity (Wildman–Crippen MR) is 125 cm³/mol. The minimum Gasteiger partial charge on any atom is -0.492 e. The lowest BCUT2D eigenvalue weighted by molar-refractivity contribution is -0.0548. The molecule has 3 aromatic rings. The van der Waals surface area contributed by atoms with Crippen molar-refractivity contribution in [1.82, 2.24) is 14.7 Å². The Morgan fingerprint density at radius 3 is 2.76 bits per heavy atom. The topological polar surface area (TPSA) is 48.8 Å². The first kappa shape index (κ1) is 23.3. The number of ether oxygens (including phenoxy) is 3. The molecule has 33 heavy (non-hydrogen) atoms. The van der Waals surface area contributed by atoms with E-state index in [1.54, 1.807) is 31.5 Å². The molecule has 1 aromatic heterocycles. The summed E-state index contributed by atoms with van der Waals surface area (Å²) in [5.41, 5.74) is 0.813. The zero-order valence-corrected chi connectivity index (χ0v) is 19.2. The number of para-hydroxylation sites is 1. The lowest BCUT2D eigenvalue weighted by atomic mass is 9.95. The Morgan fingerprint density at radius 1 is 1.03 bits per heavy atom. The molecule has 0 amide bonds. The molecule has 0 saturated carbocycles. The Kier molecular flexibility index (Phi) is 7.96. The number of halogens is 1. The fraction of sp³-hybridized carbons (Fsp3) is 0.423. The van der Waals surface area contributed by atoms with E-state index in [2.05, 4.69) is 22.1 Å². The first-order valence-electron chi connectivity index (χ1n) is 11.5. The van der Waals surface area contributed by atoms with Crippen LogP contribution >= 0.6 is 0 Å². The molecule has 1 aliphatic heterocycles. The van der Waals surface area contributed by atoms with Crippen molar-refractivity contribution in [3.05, 3.63) is 78.4 Å². The molecule has 1 saturated heterocycles. The van der Waals surface area contributed by atoms with Crippen LogP contribution in [0.1, 0.15) is 24.8 Å². The zero-order chi connectivity index (χ0) is 22.9. The van der Waals surface area contributed by atoms with Crippen LogP contribution in [-0.4, -0.2) is 53.7 Å². The van der Waals surface area contributed by atoms with E-state index in [9.17, 15) is 4.39 Å². The summed E-state index contributed by atoms with van der Waals surface area (Å²) in [6.45, 7) is 4.36. The highest BCUT2D eigenvalue weighted by Gasteiger charge is 2.34. The van der Waals surface area contributed by atoms with Crippen LogP contribution in [-0.2, 0) is 17.8 Å². The molecule has 0 radical (unpaired) electrons. The van der Waals surface area contributed by atoms with E-state index < -0.39 is 5.60 Å². The van der Waals surface area contributed by atoms with Gasteiger partial charge in [0.1, 0.15) is 24.6 Å². The summed E-state index contributed by atoms with van der Waals surface area (Å²) in [7, 11) is 1.73. The average Bonchev–Trinajstić information content (AvgIpc) is 3.27. The Bertz CT molecular complexity index is 998. The van der Waals surface area contributed by atoms with Crippen molar-refractivity contribution >= 4 is 0 Å². The Hall–Kier alpha value is -2.90. The quantitative estimate of drug-likeness (QED) is 0.451. The Morgan fingerprint density at radius 2 is 1.94 bits per heavy atom. The van der Waals surface area contributed by atoms with Crippen LogP contribution in [0.25, 0.3) is 0 Å². The number of benzene rings is 2. The maximum absolute atomic E-state index is 14.0. The van der Waals surface area contributed by atoms with Crippen LogP contribution in [0, 0.1) is 5.82 Å². The summed E-state index contributed by atoms with van der Waals surface area (Å²) >= 11 is 0. The monoisotopic (exact) mass is 453 g/mol. The second-order valence-electron chi connectivity index (χ2n) is 8.50. The van der Waals surface area contributed by atoms with Crippen molar-refractivity contribution in [2.75, 3.05) is 33.4 Å². The van der Waals surface area contributed by atoms with E-state index in [4.69, 9.17) is 14.2 Å². The molecule has 1 atom stereocenters. The molecule has 176 valence electrons. The highest BCUT2D eigenvalue weighted by atomic mass is 19.1. The summed E-state index contributed by atoms with van der Waals surface area (Å²) in [6, 6.07) is 16.7. The standard InChI is InChI=1S/C26H32FN3O3/c1-31-26(21-33-25-10-3-2-9-24(25)27)11-5-14-29(16-12-26)20-22-7-4-8-23(19-22)32-18-17-30-15-6-13-28-30/h2-4,6-10,13,15,19H,5,11-12,14,16-18,20-21H2,1H3/t26-/m0/s1. The molecular weight excluding hydrogens is 421 g/mol. The molecular formula is C26H32FN3O3. The summed E-state index contributed by atoms with van der Waals surface area (Å²) in [6.07, 6.45) is 6.41. The number of aromatic nitrogens is 2. The Balaban J connectivity index is 1.29. The number of rotatable bonds is 10. The third-order valence-corrected chi connectivity index (χ3v) is 6.20. The fourth-order valence-electron chi connectivity index (χ4n) is 4.24. The molecule has 1 fully saturated rings. The van der Waals surface area contributed by atoms with Gasteiger partial charge in [0.05, 0.1) is 6.54 Å². The molecule has 0 N–H and O–H groups in total. The maximum atomic E-state index is 14.0. The van der Waals surface area contributed by atoms with Crippen LogP contribution in [0.3, 0.4) is 0 Å². The average molecular weight is 454 g/mol. The minimum absolute atomic E-state index is 0.277. The third-order valence-electron chi connectivity index (χ3n) is 6.20. The molecule has 0 bridgehead atoms. The van der Waals surface area contributed by atoms with Gasteiger partial charge >= 0.3 is 0 Å². The van der Waals surface area contributed by atoms with E-state index in [1.165, 1.54) is 11.6 Å². The van der Waals surface area contributed by atoms with Crippen molar-refractivity contribution in [1.29, 1.82) is 0 Å². The maximum Gasteiger partial charge on any atom is 0.165 e. The molecule has 1 aliphatic rings. The van der Waals surface area contributed by atoms with Gasteiger partial charge in [-0.3, -0.25) is 9.58 Å². The van der Waals surface area contributed by atoms with Gasteiger partial charge in [-0.1, -0.05) is 24.3 Å². The van der Waals surface area contributed by atoms with Crippen LogP contribution < -0.4 is 9.47 Å². The predicted octanol–water partition coefficient (Wildman–Crippen LogP) is 4.55. The van der Waals surface area contributed by atoms with E-state index >= 15 is 0 Å². The van der Waals surface area contributed by atoms with E-state index in [-0.39, 0.29) is 11.6 Å². The lowest BCUT2D eigenvalue weighted by Crippen LogP contribution is -2.39. The summed E-state index contributed by atoms with van der Waals surface area (Å²) in [4.78, 5) is 2.44. The zero-order valence-electron chi connectivity index (χ0n) is 19.2. The summed E-state index contributed by atoms with van der Waals surface area (Å²) in [5, 5.41) is 4.20. The number of nitrogens with zero attached hydrogens (tertiary/aromatic N) is 3.